The first kappa shape index (κ1) is 12.3. The van der Waals surface area contributed by atoms with Crippen LogP contribution in [0.15, 0.2) is 0 Å². The van der Waals surface area contributed by atoms with Crippen molar-refractivity contribution in [2.45, 2.75) is 32.2 Å². The van der Waals surface area contributed by atoms with E-state index in [0.29, 0.717) is 0 Å². The van der Waals surface area contributed by atoms with Crippen LogP contribution in [0, 0.1) is 5.92 Å². The van der Waals surface area contributed by atoms with Crippen LogP contribution in [0.3, 0.4) is 0 Å². The van der Waals surface area contributed by atoms with Gasteiger partial charge in [-0.15, -0.1) is 0 Å². The standard InChI is InChI=1S/C13H27N3/c1-3-16-7-4-5-13(16)11-15(2)8-6-12-9-14-10-12/h12-14H,3-11H2,1-2H3. The Kier molecular flexibility index (Phi) is 4.62. The van der Waals surface area contributed by atoms with Gasteiger partial charge in [0.15, 0.2) is 0 Å². The zero-order chi connectivity index (χ0) is 11.4. The number of nitrogens with zero attached hydrogens (tertiary/aromatic N) is 2. The zero-order valence-electron chi connectivity index (χ0n) is 10.9. The van der Waals surface area contributed by atoms with Gasteiger partial charge in [0.1, 0.15) is 0 Å². The van der Waals surface area contributed by atoms with Crippen molar-refractivity contribution in [2.75, 3.05) is 46.3 Å². The summed E-state index contributed by atoms with van der Waals surface area (Å²) in [5.74, 6) is 0.952. The number of rotatable bonds is 6. The fraction of sp³-hybridized carbons (Fsp3) is 1.00. The molecule has 3 heteroatoms. The zero-order valence-corrected chi connectivity index (χ0v) is 10.9. The molecular formula is C13H27N3. The van der Waals surface area contributed by atoms with Gasteiger partial charge < -0.3 is 10.2 Å². The molecule has 0 aromatic heterocycles. The molecule has 0 aliphatic carbocycles. The molecule has 2 rings (SSSR count). The highest BCUT2D eigenvalue weighted by molar-refractivity contribution is 4.81. The van der Waals surface area contributed by atoms with Crippen LogP contribution in [0.1, 0.15) is 26.2 Å². The topological polar surface area (TPSA) is 18.5 Å². The van der Waals surface area contributed by atoms with E-state index in [4.69, 9.17) is 0 Å². The van der Waals surface area contributed by atoms with Crippen molar-refractivity contribution < 1.29 is 0 Å². The quantitative estimate of drug-likeness (QED) is 0.728. The summed E-state index contributed by atoms with van der Waals surface area (Å²) < 4.78 is 0. The summed E-state index contributed by atoms with van der Waals surface area (Å²) in [5, 5.41) is 3.35. The monoisotopic (exact) mass is 225 g/mol. The Balaban J connectivity index is 1.63. The Morgan fingerprint density at radius 2 is 2.19 bits per heavy atom. The molecule has 0 radical (unpaired) electrons. The molecule has 16 heavy (non-hydrogen) atoms. The number of nitrogens with one attached hydrogen (secondary N) is 1. The van der Waals surface area contributed by atoms with Crippen molar-refractivity contribution in [3.63, 3.8) is 0 Å². The average Bonchev–Trinajstić information content (AvgIpc) is 2.62. The Morgan fingerprint density at radius 1 is 1.38 bits per heavy atom. The third kappa shape index (κ3) is 3.19. The molecule has 94 valence electrons. The van der Waals surface area contributed by atoms with Crippen LogP contribution in [-0.2, 0) is 0 Å². The lowest BCUT2D eigenvalue weighted by Gasteiger charge is -2.31. The first-order valence-corrected chi connectivity index (χ1v) is 6.93. The number of hydrogen-bond donors (Lipinski definition) is 1. The highest BCUT2D eigenvalue weighted by atomic mass is 15.2. The molecule has 0 aromatic carbocycles. The van der Waals surface area contributed by atoms with Crippen molar-refractivity contribution in [1.29, 1.82) is 0 Å². The molecule has 0 aromatic rings. The summed E-state index contributed by atoms with van der Waals surface area (Å²) >= 11 is 0. The maximum Gasteiger partial charge on any atom is 0.0223 e. The lowest BCUT2D eigenvalue weighted by Crippen LogP contribution is -2.44. The Bertz CT molecular complexity index is 203. The van der Waals surface area contributed by atoms with E-state index in [1.807, 2.05) is 0 Å². The van der Waals surface area contributed by atoms with E-state index in [1.54, 1.807) is 0 Å². The molecule has 1 atom stereocenters. The van der Waals surface area contributed by atoms with Gasteiger partial charge in [-0.3, -0.25) is 4.90 Å². The summed E-state index contributed by atoms with van der Waals surface area (Å²) in [7, 11) is 2.29. The molecule has 3 nitrogen and oxygen atoms in total. The van der Waals surface area contributed by atoms with E-state index < -0.39 is 0 Å². The van der Waals surface area contributed by atoms with Gasteiger partial charge in [-0.05, 0) is 65.0 Å². The minimum absolute atomic E-state index is 0.828. The molecule has 2 aliphatic heterocycles. The highest BCUT2D eigenvalue weighted by Crippen LogP contribution is 2.17. The van der Waals surface area contributed by atoms with Gasteiger partial charge in [0.25, 0.3) is 0 Å². The van der Waals surface area contributed by atoms with Crippen molar-refractivity contribution in [3.8, 4) is 0 Å². The van der Waals surface area contributed by atoms with Crippen LogP contribution in [0.5, 0.6) is 0 Å². The maximum absolute atomic E-state index is 3.35. The lowest BCUT2D eigenvalue weighted by molar-refractivity contribution is 0.185. The van der Waals surface area contributed by atoms with Gasteiger partial charge in [0.05, 0.1) is 0 Å². The third-order valence-electron chi connectivity index (χ3n) is 4.21. The molecule has 2 aliphatic rings. The van der Waals surface area contributed by atoms with E-state index >= 15 is 0 Å². The summed E-state index contributed by atoms with van der Waals surface area (Å²) in [6.07, 6.45) is 4.18. The number of hydrogen-bond acceptors (Lipinski definition) is 3. The van der Waals surface area contributed by atoms with Crippen molar-refractivity contribution >= 4 is 0 Å². The van der Waals surface area contributed by atoms with Gasteiger partial charge in [-0.2, -0.15) is 0 Å². The van der Waals surface area contributed by atoms with Gasteiger partial charge in [0, 0.05) is 12.6 Å². The molecule has 0 bridgehead atoms. The minimum Gasteiger partial charge on any atom is -0.316 e. The summed E-state index contributed by atoms with van der Waals surface area (Å²) in [6, 6.07) is 0.828. The van der Waals surface area contributed by atoms with Crippen LogP contribution < -0.4 is 5.32 Å². The second-order valence-corrected chi connectivity index (χ2v) is 5.50. The van der Waals surface area contributed by atoms with Crippen LogP contribution in [0.2, 0.25) is 0 Å². The largest absolute Gasteiger partial charge is 0.316 e. The second-order valence-electron chi connectivity index (χ2n) is 5.50. The van der Waals surface area contributed by atoms with E-state index in [2.05, 4.69) is 29.1 Å². The van der Waals surface area contributed by atoms with Gasteiger partial charge >= 0.3 is 0 Å². The van der Waals surface area contributed by atoms with Gasteiger partial charge in [-0.25, -0.2) is 0 Å². The predicted octanol–water partition coefficient (Wildman–Crippen LogP) is 1.01. The van der Waals surface area contributed by atoms with E-state index in [1.165, 1.54) is 58.5 Å². The summed E-state index contributed by atoms with van der Waals surface area (Å²) in [4.78, 5) is 5.18. The van der Waals surface area contributed by atoms with Crippen LogP contribution >= 0.6 is 0 Å². The van der Waals surface area contributed by atoms with E-state index in [0.717, 1.165) is 12.0 Å². The number of likely N-dealkylation sites (tertiary alicyclic amines) is 1. The Morgan fingerprint density at radius 3 is 2.81 bits per heavy atom. The Hall–Kier alpha value is -0.120. The van der Waals surface area contributed by atoms with E-state index in [-0.39, 0.29) is 0 Å². The van der Waals surface area contributed by atoms with E-state index in [9.17, 15) is 0 Å². The lowest BCUT2D eigenvalue weighted by atomic mass is 9.99. The molecule has 0 spiro atoms. The van der Waals surface area contributed by atoms with Crippen molar-refractivity contribution in [1.82, 2.24) is 15.1 Å². The average molecular weight is 225 g/mol. The molecule has 2 fully saturated rings. The molecule has 2 saturated heterocycles. The molecule has 0 saturated carbocycles. The second kappa shape index (κ2) is 5.99. The highest BCUT2D eigenvalue weighted by Gasteiger charge is 2.24. The minimum atomic E-state index is 0.828. The van der Waals surface area contributed by atoms with Crippen LogP contribution in [0.25, 0.3) is 0 Å². The fourth-order valence-electron chi connectivity index (χ4n) is 2.92. The number of likely N-dealkylation sites (N-methyl/N-ethyl adjacent to an activating group) is 2. The van der Waals surface area contributed by atoms with Crippen LogP contribution in [-0.4, -0.2) is 62.2 Å². The maximum atomic E-state index is 3.35. The van der Waals surface area contributed by atoms with Gasteiger partial charge in [0.2, 0.25) is 0 Å². The first-order chi connectivity index (χ1) is 7.79. The third-order valence-corrected chi connectivity index (χ3v) is 4.21. The molecule has 2 heterocycles. The summed E-state index contributed by atoms with van der Waals surface area (Å²) in [5.41, 5.74) is 0. The van der Waals surface area contributed by atoms with Crippen molar-refractivity contribution in [2.24, 2.45) is 5.92 Å². The fourth-order valence-corrected chi connectivity index (χ4v) is 2.92. The van der Waals surface area contributed by atoms with Gasteiger partial charge in [-0.1, -0.05) is 6.92 Å². The smallest absolute Gasteiger partial charge is 0.0223 e. The first-order valence-electron chi connectivity index (χ1n) is 6.93. The summed E-state index contributed by atoms with van der Waals surface area (Å²) in [6.45, 7) is 9.88. The molecule has 0 amide bonds. The molecular weight excluding hydrogens is 198 g/mol. The molecule has 1 N–H and O–H groups in total. The van der Waals surface area contributed by atoms with Crippen molar-refractivity contribution in [3.05, 3.63) is 0 Å². The SMILES string of the molecule is CCN1CCCC1CN(C)CCC1CNC1. The predicted molar refractivity (Wildman–Crippen MR) is 68.7 cm³/mol. The molecule has 1 unspecified atom stereocenters. The normalized spacial score (nSPS) is 27.6. The van der Waals surface area contributed by atoms with Crippen LogP contribution in [0.4, 0.5) is 0 Å². The Labute approximate surface area is 100 Å².